The maximum absolute atomic E-state index is 2.33. The molecule has 0 atom stereocenters. The third-order valence-corrected chi connectivity index (χ3v) is 7.62. The molecular formula is C36H25B. The van der Waals surface area contributed by atoms with Crippen molar-refractivity contribution < 1.29 is 0 Å². The van der Waals surface area contributed by atoms with Gasteiger partial charge in [-0.15, -0.1) is 0 Å². The molecule has 1 heteroatoms. The molecule has 0 aromatic heterocycles. The highest BCUT2D eigenvalue weighted by Crippen LogP contribution is 2.35. The number of fused-ring (bicyclic) bond motifs is 5. The van der Waals surface area contributed by atoms with E-state index in [2.05, 4.69) is 152 Å². The predicted molar refractivity (Wildman–Crippen MR) is 159 cm³/mol. The summed E-state index contributed by atoms with van der Waals surface area (Å²) < 4.78 is 0. The number of rotatable bonds is 3. The average Bonchev–Trinajstić information content (AvgIpc) is 3.11. The summed E-state index contributed by atoms with van der Waals surface area (Å²) in [5.74, 6) is 0. The maximum atomic E-state index is 2.33. The Bertz CT molecular complexity index is 1590. The van der Waals surface area contributed by atoms with E-state index >= 15 is 0 Å². The van der Waals surface area contributed by atoms with E-state index in [9.17, 15) is 0 Å². The predicted octanol–water partition coefficient (Wildman–Crippen LogP) is 7.18. The lowest BCUT2D eigenvalue weighted by Crippen LogP contribution is -2.54. The smallest absolute Gasteiger partial charge is 0.0664 e. The molecule has 0 bridgehead atoms. The third kappa shape index (κ3) is 3.63. The molecular weight excluding hydrogens is 443 g/mol. The monoisotopic (exact) mass is 468 g/mol. The van der Waals surface area contributed by atoms with E-state index in [4.69, 9.17) is 0 Å². The molecule has 7 rings (SSSR count). The quantitative estimate of drug-likeness (QED) is 0.241. The molecule has 0 nitrogen and oxygen atoms in total. The van der Waals surface area contributed by atoms with E-state index < -0.39 is 0 Å². The van der Waals surface area contributed by atoms with Gasteiger partial charge in [0.05, 0.1) is 0 Å². The first-order valence-corrected chi connectivity index (χ1v) is 12.9. The van der Waals surface area contributed by atoms with Crippen molar-refractivity contribution in [1.29, 1.82) is 0 Å². The first-order chi connectivity index (χ1) is 18.4. The van der Waals surface area contributed by atoms with Crippen LogP contribution in [0.1, 0.15) is 0 Å². The zero-order valence-electron chi connectivity index (χ0n) is 20.5. The highest BCUT2D eigenvalue weighted by molar-refractivity contribution is 6.99. The van der Waals surface area contributed by atoms with Crippen LogP contribution in [0.4, 0.5) is 0 Å². The van der Waals surface area contributed by atoms with Gasteiger partial charge in [-0.3, -0.25) is 0 Å². The fourth-order valence-electron chi connectivity index (χ4n) is 6.03. The molecule has 6 aromatic carbocycles. The van der Waals surface area contributed by atoms with Gasteiger partial charge in [0.1, 0.15) is 0 Å². The molecule has 1 aliphatic heterocycles. The van der Waals surface area contributed by atoms with Gasteiger partial charge in [-0.2, -0.15) is 0 Å². The molecule has 0 spiro atoms. The SMILES string of the molecule is c1ccc(-c2cccc(-c3ccccc3)c2B2c3ccccc3-c3ccccc3-c3ccccc32)cc1. The lowest BCUT2D eigenvalue weighted by atomic mass is 9.34. The Morgan fingerprint density at radius 1 is 0.270 bits per heavy atom. The van der Waals surface area contributed by atoms with Gasteiger partial charge < -0.3 is 0 Å². The molecule has 0 radical (unpaired) electrons. The van der Waals surface area contributed by atoms with Crippen LogP contribution in [0.5, 0.6) is 0 Å². The molecule has 0 saturated heterocycles. The summed E-state index contributed by atoms with van der Waals surface area (Å²) in [6, 6.07) is 55.3. The van der Waals surface area contributed by atoms with Crippen LogP contribution in [-0.4, -0.2) is 6.71 Å². The van der Waals surface area contributed by atoms with Crippen LogP contribution in [0.3, 0.4) is 0 Å². The summed E-state index contributed by atoms with van der Waals surface area (Å²) >= 11 is 0. The van der Waals surface area contributed by atoms with Gasteiger partial charge >= 0.3 is 0 Å². The highest BCUT2D eigenvalue weighted by atomic mass is 14.2. The van der Waals surface area contributed by atoms with Crippen molar-refractivity contribution in [2.75, 3.05) is 0 Å². The number of benzene rings is 6. The minimum Gasteiger partial charge on any atom is -0.0664 e. The lowest BCUT2D eigenvalue weighted by molar-refractivity contribution is 1.61. The van der Waals surface area contributed by atoms with Gasteiger partial charge in [-0.1, -0.05) is 168 Å². The van der Waals surface area contributed by atoms with Crippen LogP contribution in [0.15, 0.2) is 152 Å². The Labute approximate surface area is 219 Å². The van der Waals surface area contributed by atoms with E-state index in [-0.39, 0.29) is 6.71 Å². The lowest BCUT2D eigenvalue weighted by Gasteiger charge is -2.24. The number of hydrogen-bond acceptors (Lipinski definition) is 0. The van der Waals surface area contributed by atoms with Crippen LogP contribution >= 0.6 is 0 Å². The van der Waals surface area contributed by atoms with Gasteiger partial charge in [-0.05, 0) is 44.5 Å². The average molecular weight is 468 g/mol. The zero-order valence-corrected chi connectivity index (χ0v) is 20.5. The van der Waals surface area contributed by atoms with Gasteiger partial charge in [0.2, 0.25) is 6.71 Å². The molecule has 0 unspecified atom stereocenters. The van der Waals surface area contributed by atoms with Crippen LogP contribution in [-0.2, 0) is 0 Å². The van der Waals surface area contributed by atoms with E-state index in [1.807, 2.05) is 0 Å². The Hall–Kier alpha value is -4.62. The zero-order chi connectivity index (χ0) is 24.6. The molecule has 172 valence electrons. The maximum Gasteiger partial charge on any atom is 0.244 e. The third-order valence-electron chi connectivity index (χ3n) is 7.62. The molecule has 0 amide bonds. The summed E-state index contributed by atoms with van der Waals surface area (Å²) in [7, 11) is 0. The Balaban J connectivity index is 1.63. The Morgan fingerprint density at radius 2 is 0.622 bits per heavy atom. The summed E-state index contributed by atoms with van der Waals surface area (Å²) in [6.07, 6.45) is 0. The summed E-state index contributed by atoms with van der Waals surface area (Å²) in [5, 5.41) is 0. The van der Waals surface area contributed by atoms with E-state index in [0.717, 1.165) is 0 Å². The molecule has 1 heterocycles. The summed E-state index contributed by atoms with van der Waals surface area (Å²) in [6.45, 7) is 0.0754. The minimum atomic E-state index is 0.0754. The highest BCUT2D eigenvalue weighted by Gasteiger charge is 2.34. The second kappa shape index (κ2) is 9.11. The topological polar surface area (TPSA) is 0 Å². The molecule has 6 aromatic rings. The minimum absolute atomic E-state index is 0.0754. The van der Waals surface area contributed by atoms with Gasteiger partial charge in [0.15, 0.2) is 0 Å². The van der Waals surface area contributed by atoms with E-state index in [1.54, 1.807) is 0 Å². The van der Waals surface area contributed by atoms with Crippen LogP contribution in [0.25, 0.3) is 44.5 Å². The van der Waals surface area contributed by atoms with Crippen molar-refractivity contribution >= 4 is 23.1 Å². The second-order valence-corrected chi connectivity index (χ2v) is 9.65. The van der Waals surface area contributed by atoms with Crippen molar-refractivity contribution in [2.45, 2.75) is 0 Å². The summed E-state index contributed by atoms with van der Waals surface area (Å²) in [5.41, 5.74) is 14.3. The van der Waals surface area contributed by atoms with Crippen LogP contribution < -0.4 is 16.4 Å². The van der Waals surface area contributed by atoms with Crippen molar-refractivity contribution in [3.63, 3.8) is 0 Å². The largest absolute Gasteiger partial charge is 0.244 e. The first kappa shape index (κ1) is 21.7. The fourth-order valence-corrected chi connectivity index (χ4v) is 6.03. The Kier molecular flexibility index (Phi) is 5.33. The number of hydrogen-bond donors (Lipinski definition) is 0. The fraction of sp³-hybridized carbons (Fsp3) is 0. The normalized spacial score (nSPS) is 11.7. The summed E-state index contributed by atoms with van der Waals surface area (Å²) in [4.78, 5) is 0. The van der Waals surface area contributed by atoms with Gasteiger partial charge in [0, 0.05) is 0 Å². The van der Waals surface area contributed by atoms with Gasteiger partial charge in [0.25, 0.3) is 0 Å². The molecule has 0 aliphatic carbocycles. The van der Waals surface area contributed by atoms with Crippen LogP contribution in [0.2, 0.25) is 0 Å². The molecule has 0 fully saturated rings. The van der Waals surface area contributed by atoms with Crippen molar-refractivity contribution in [1.82, 2.24) is 0 Å². The molecule has 0 saturated carbocycles. The molecule has 0 N–H and O–H groups in total. The van der Waals surface area contributed by atoms with E-state index in [1.165, 1.54) is 60.9 Å². The second-order valence-electron chi connectivity index (χ2n) is 9.65. The molecule has 1 aliphatic rings. The van der Waals surface area contributed by atoms with E-state index in [0.29, 0.717) is 0 Å². The van der Waals surface area contributed by atoms with Crippen molar-refractivity contribution in [3.05, 3.63) is 152 Å². The molecule has 37 heavy (non-hydrogen) atoms. The van der Waals surface area contributed by atoms with Crippen molar-refractivity contribution in [2.24, 2.45) is 0 Å². The van der Waals surface area contributed by atoms with Crippen LogP contribution in [0, 0.1) is 0 Å². The first-order valence-electron chi connectivity index (χ1n) is 12.9. The standard InChI is InChI=1S/C36H25B/c1-3-14-26(15-4-1)28-22-13-23-29(27-16-5-2-6-17-27)36(28)37-34-24-11-9-20-32(34)30-18-7-8-19-31(30)33-21-10-12-25-35(33)37/h1-25H. The van der Waals surface area contributed by atoms with Gasteiger partial charge in [-0.25, -0.2) is 0 Å². The Morgan fingerprint density at radius 3 is 1.08 bits per heavy atom. The van der Waals surface area contributed by atoms with Crippen molar-refractivity contribution in [3.8, 4) is 44.5 Å².